The van der Waals surface area contributed by atoms with E-state index in [4.69, 9.17) is 0 Å². The third-order valence-electron chi connectivity index (χ3n) is 3.56. The van der Waals surface area contributed by atoms with Crippen LogP contribution in [0, 0.1) is 0 Å². The number of hydrogen-bond donors (Lipinski definition) is 0. The fraction of sp³-hybridized carbons (Fsp3) is 0.789. The van der Waals surface area contributed by atoms with Crippen LogP contribution < -0.4 is 0 Å². The molecule has 19 heavy (non-hydrogen) atoms. The molecule has 0 bridgehead atoms. The van der Waals surface area contributed by atoms with Crippen LogP contribution in [-0.2, 0) is 0 Å². The zero-order valence-electron chi connectivity index (χ0n) is 13.5. The normalized spacial score (nSPS) is 11.9. The molecule has 0 aliphatic heterocycles. The van der Waals surface area contributed by atoms with E-state index in [2.05, 4.69) is 38.2 Å². The average Bonchev–Trinajstić information content (AvgIpc) is 2.43. The minimum atomic E-state index is 1.21. The molecule has 0 saturated carbocycles. The van der Waals surface area contributed by atoms with E-state index in [1.165, 1.54) is 83.5 Å². The SMILES string of the molecule is CCCC=CC=CCCCCCCCCCCCC. The van der Waals surface area contributed by atoms with Gasteiger partial charge in [-0.25, -0.2) is 0 Å². The molecule has 0 heteroatoms. The van der Waals surface area contributed by atoms with Crippen LogP contribution in [0.3, 0.4) is 0 Å². The molecule has 0 N–H and O–H groups in total. The van der Waals surface area contributed by atoms with Crippen molar-refractivity contribution in [3.05, 3.63) is 24.3 Å². The van der Waals surface area contributed by atoms with E-state index in [1.54, 1.807) is 0 Å². The Bertz CT molecular complexity index is 200. The first-order valence-corrected chi connectivity index (χ1v) is 8.73. The maximum Gasteiger partial charge on any atom is -0.0348 e. The Morgan fingerprint density at radius 1 is 0.474 bits per heavy atom. The molecule has 0 fully saturated rings. The lowest BCUT2D eigenvalue weighted by atomic mass is 10.1. The van der Waals surface area contributed by atoms with E-state index < -0.39 is 0 Å². The molecule has 0 aliphatic carbocycles. The molecule has 112 valence electrons. The second-order valence-corrected chi connectivity index (χ2v) is 5.62. The summed E-state index contributed by atoms with van der Waals surface area (Å²) >= 11 is 0. The van der Waals surface area contributed by atoms with Gasteiger partial charge in [0, 0.05) is 0 Å². The molecule has 0 heterocycles. The van der Waals surface area contributed by atoms with Crippen LogP contribution >= 0.6 is 0 Å². The average molecular weight is 264 g/mol. The van der Waals surface area contributed by atoms with Gasteiger partial charge in [0.05, 0.1) is 0 Å². The number of hydrogen-bond acceptors (Lipinski definition) is 0. The molecular formula is C19H36. The van der Waals surface area contributed by atoms with Gasteiger partial charge in [-0.05, 0) is 19.3 Å². The molecule has 0 unspecified atom stereocenters. The van der Waals surface area contributed by atoms with Gasteiger partial charge in [0.15, 0.2) is 0 Å². The van der Waals surface area contributed by atoms with E-state index in [0.717, 1.165) is 0 Å². The highest BCUT2D eigenvalue weighted by Crippen LogP contribution is 2.11. The van der Waals surface area contributed by atoms with E-state index in [0.29, 0.717) is 0 Å². The summed E-state index contributed by atoms with van der Waals surface area (Å²) in [7, 11) is 0. The van der Waals surface area contributed by atoms with Gasteiger partial charge in [0.1, 0.15) is 0 Å². The lowest BCUT2D eigenvalue weighted by Gasteiger charge is -2.01. The van der Waals surface area contributed by atoms with Crippen LogP contribution in [0.15, 0.2) is 24.3 Å². The Morgan fingerprint density at radius 2 is 0.947 bits per heavy atom. The Hall–Kier alpha value is -0.520. The highest BCUT2D eigenvalue weighted by atomic mass is 14.0. The van der Waals surface area contributed by atoms with Crippen molar-refractivity contribution in [1.29, 1.82) is 0 Å². The molecule has 0 atom stereocenters. The van der Waals surface area contributed by atoms with Gasteiger partial charge in [0.2, 0.25) is 0 Å². The summed E-state index contributed by atoms with van der Waals surface area (Å²) in [5.74, 6) is 0. The third kappa shape index (κ3) is 17.5. The number of allylic oxidation sites excluding steroid dienone is 4. The predicted molar refractivity (Wildman–Crippen MR) is 89.6 cm³/mol. The standard InChI is InChI=1S/C19H36/c1-3-5-7-9-11-13-15-17-19-18-16-14-12-10-8-6-4-2/h7,9,11,13H,3-6,8,10,12,14-19H2,1-2H3. The fourth-order valence-electron chi connectivity index (χ4n) is 2.27. The predicted octanol–water partition coefficient (Wildman–Crippen LogP) is 7.21. The number of unbranched alkanes of at least 4 members (excludes halogenated alkanes) is 11. The van der Waals surface area contributed by atoms with Crippen molar-refractivity contribution in [2.45, 2.75) is 97.3 Å². The van der Waals surface area contributed by atoms with E-state index in [-0.39, 0.29) is 0 Å². The topological polar surface area (TPSA) is 0 Å². The Morgan fingerprint density at radius 3 is 1.47 bits per heavy atom. The first-order chi connectivity index (χ1) is 9.41. The summed E-state index contributed by atoms with van der Waals surface area (Å²) in [5, 5.41) is 0. The van der Waals surface area contributed by atoms with Gasteiger partial charge in [0.25, 0.3) is 0 Å². The maximum absolute atomic E-state index is 2.32. The fourth-order valence-corrected chi connectivity index (χ4v) is 2.27. The van der Waals surface area contributed by atoms with Gasteiger partial charge in [-0.1, -0.05) is 102 Å². The van der Waals surface area contributed by atoms with E-state index in [9.17, 15) is 0 Å². The number of rotatable bonds is 14. The second-order valence-electron chi connectivity index (χ2n) is 5.62. The van der Waals surface area contributed by atoms with Crippen LogP contribution in [0.2, 0.25) is 0 Å². The molecule has 0 rings (SSSR count). The summed E-state index contributed by atoms with van der Waals surface area (Å²) < 4.78 is 0. The zero-order chi connectivity index (χ0) is 14.0. The molecule has 0 amide bonds. The largest absolute Gasteiger partial charge is 0.0846 e. The van der Waals surface area contributed by atoms with Crippen molar-refractivity contribution in [3.63, 3.8) is 0 Å². The van der Waals surface area contributed by atoms with Crippen LogP contribution in [-0.4, -0.2) is 0 Å². The Balaban J connectivity index is 3.06. The quantitative estimate of drug-likeness (QED) is 0.230. The molecule has 0 saturated heterocycles. The first kappa shape index (κ1) is 18.5. The maximum atomic E-state index is 2.32. The summed E-state index contributed by atoms with van der Waals surface area (Å²) in [6.45, 7) is 4.51. The van der Waals surface area contributed by atoms with E-state index in [1.807, 2.05) is 0 Å². The lowest BCUT2D eigenvalue weighted by Crippen LogP contribution is -1.81. The highest BCUT2D eigenvalue weighted by molar-refractivity contribution is 5.02. The van der Waals surface area contributed by atoms with Gasteiger partial charge >= 0.3 is 0 Å². The first-order valence-electron chi connectivity index (χ1n) is 8.73. The molecule has 0 nitrogen and oxygen atoms in total. The molecule has 0 radical (unpaired) electrons. The van der Waals surface area contributed by atoms with Gasteiger partial charge in [-0.2, -0.15) is 0 Å². The monoisotopic (exact) mass is 264 g/mol. The summed E-state index contributed by atoms with van der Waals surface area (Å²) in [6.07, 6.45) is 27.0. The molecule has 0 aromatic rings. The Kier molecular flexibility index (Phi) is 17.0. The van der Waals surface area contributed by atoms with E-state index >= 15 is 0 Å². The van der Waals surface area contributed by atoms with Crippen molar-refractivity contribution in [1.82, 2.24) is 0 Å². The summed E-state index contributed by atoms with van der Waals surface area (Å²) in [5.41, 5.74) is 0. The highest BCUT2D eigenvalue weighted by Gasteiger charge is 1.91. The molecule has 0 spiro atoms. The van der Waals surface area contributed by atoms with Crippen molar-refractivity contribution in [2.24, 2.45) is 0 Å². The van der Waals surface area contributed by atoms with Crippen molar-refractivity contribution in [3.8, 4) is 0 Å². The molecule has 0 aromatic carbocycles. The lowest BCUT2D eigenvalue weighted by molar-refractivity contribution is 0.557. The summed E-state index contributed by atoms with van der Waals surface area (Å²) in [6, 6.07) is 0. The minimum absolute atomic E-state index is 1.21. The second kappa shape index (κ2) is 17.5. The van der Waals surface area contributed by atoms with Crippen LogP contribution in [0.5, 0.6) is 0 Å². The van der Waals surface area contributed by atoms with Crippen molar-refractivity contribution < 1.29 is 0 Å². The molecular weight excluding hydrogens is 228 g/mol. The van der Waals surface area contributed by atoms with Crippen LogP contribution in [0.4, 0.5) is 0 Å². The van der Waals surface area contributed by atoms with Gasteiger partial charge in [-0.3, -0.25) is 0 Å². The Labute approximate surface area is 122 Å². The minimum Gasteiger partial charge on any atom is -0.0846 e. The van der Waals surface area contributed by atoms with Crippen LogP contribution in [0.1, 0.15) is 97.3 Å². The van der Waals surface area contributed by atoms with Gasteiger partial charge in [-0.15, -0.1) is 0 Å². The zero-order valence-corrected chi connectivity index (χ0v) is 13.5. The van der Waals surface area contributed by atoms with Crippen LogP contribution in [0.25, 0.3) is 0 Å². The van der Waals surface area contributed by atoms with Crippen molar-refractivity contribution >= 4 is 0 Å². The smallest absolute Gasteiger partial charge is 0.0348 e. The molecule has 0 aliphatic rings. The summed E-state index contributed by atoms with van der Waals surface area (Å²) in [4.78, 5) is 0. The van der Waals surface area contributed by atoms with Gasteiger partial charge < -0.3 is 0 Å². The van der Waals surface area contributed by atoms with Crippen molar-refractivity contribution in [2.75, 3.05) is 0 Å². The third-order valence-corrected chi connectivity index (χ3v) is 3.56. The molecule has 0 aromatic heterocycles.